The van der Waals surface area contributed by atoms with Crippen LogP contribution in [0.15, 0.2) is 0 Å². The second kappa shape index (κ2) is 52.7. The van der Waals surface area contributed by atoms with Crippen molar-refractivity contribution in [2.75, 3.05) is 6.61 Å². The SMILES string of the molecule is CCCCCCCCCCCCCCCCCCCCCCCCCCCCCCCCC(O)C(CO)NC(=O)CCCCCCCCCCCCCCCCCCCC. The summed E-state index contributed by atoms with van der Waals surface area (Å²) in [5, 5.41) is 23.3. The highest BCUT2D eigenvalue weighted by atomic mass is 16.3. The number of aliphatic hydroxyl groups is 2. The van der Waals surface area contributed by atoms with Gasteiger partial charge in [0.05, 0.1) is 18.8 Å². The van der Waals surface area contributed by atoms with Gasteiger partial charge in [-0.1, -0.05) is 316 Å². The number of unbranched alkanes of at least 4 members (excludes halogenated alkanes) is 46. The minimum Gasteiger partial charge on any atom is -0.394 e. The molecule has 0 aliphatic carbocycles. The van der Waals surface area contributed by atoms with E-state index in [1.165, 1.54) is 283 Å². The summed E-state index contributed by atoms with van der Waals surface area (Å²) < 4.78 is 0. The Kier molecular flexibility index (Phi) is 52.2. The van der Waals surface area contributed by atoms with Gasteiger partial charge in [-0.15, -0.1) is 0 Å². The molecule has 0 spiro atoms. The Balaban J connectivity index is 3.38. The van der Waals surface area contributed by atoms with E-state index in [4.69, 9.17) is 0 Å². The molecule has 2 unspecified atom stereocenters. The molecule has 0 fully saturated rings. The van der Waals surface area contributed by atoms with Crippen molar-refractivity contribution in [2.45, 2.75) is 347 Å². The third kappa shape index (κ3) is 48.4. The number of nitrogens with one attached hydrogen (secondary N) is 1. The highest BCUT2D eigenvalue weighted by Crippen LogP contribution is 2.18. The normalized spacial score (nSPS) is 12.7. The van der Waals surface area contributed by atoms with E-state index in [1.807, 2.05) is 0 Å². The first-order chi connectivity index (χ1) is 29.7. The van der Waals surface area contributed by atoms with Crippen LogP contribution in [0.4, 0.5) is 0 Å². The van der Waals surface area contributed by atoms with Crippen molar-refractivity contribution in [2.24, 2.45) is 0 Å². The summed E-state index contributed by atoms with van der Waals surface area (Å²) >= 11 is 0. The van der Waals surface area contributed by atoms with Crippen LogP contribution < -0.4 is 5.32 Å². The molecule has 0 rings (SSSR count). The number of aliphatic hydroxyl groups excluding tert-OH is 2. The first-order valence-corrected chi connectivity index (χ1v) is 28.2. The van der Waals surface area contributed by atoms with Crippen LogP contribution in [0.25, 0.3) is 0 Å². The molecule has 0 saturated heterocycles. The van der Waals surface area contributed by atoms with Gasteiger partial charge in [0.25, 0.3) is 0 Å². The average Bonchev–Trinajstić information content (AvgIpc) is 3.25. The fraction of sp³-hybridized carbons (Fsp3) is 0.982. The van der Waals surface area contributed by atoms with Gasteiger partial charge in [-0.05, 0) is 12.8 Å². The van der Waals surface area contributed by atoms with Crippen molar-refractivity contribution in [3.63, 3.8) is 0 Å². The largest absolute Gasteiger partial charge is 0.394 e. The summed E-state index contributed by atoms with van der Waals surface area (Å²) in [5.41, 5.74) is 0. The Morgan fingerprint density at radius 2 is 0.533 bits per heavy atom. The fourth-order valence-electron chi connectivity index (χ4n) is 9.31. The van der Waals surface area contributed by atoms with Gasteiger partial charge in [-0.25, -0.2) is 0 Å². The lowest BCUT2D eigenvalue weighted by Crippen LogP contribution is -2.45. The molecule has 1 amide bonds. The molecule has 3 N–H and O–H groups in total. The summed E-state index contributed by atoms with van der Waals surface area (Å²) in [6, 6.07) is -0.531. The molecular formula is C56H113NO3. The lowest BCUT2D eigenvalue weighted by Gasteiger charge is -2.22. The van der Waals surface area contributed by atoms with Crippen molar-refractivity contribution in [1.82, 2.24) is 5.32 Å². The Bertz CT molecular complexity index is 788. The van der Waals surface area contributed by atoms with Gasteiger partial charge >= 0.3 is 0 Å². The molecule has 0 aliphatic rings. The summed E-state index contributed by atoms with van der Waals surface area (Å²) in [6.45, 7) is 4.40. The van der Waals surface area contributed by atoms with Crippen molar-refractivity contribution < 1.29 is 15.0 Å². The van der Waals surface area contributed by atoms with Gasteiger partial charge < -0.3 is 15.5 Å². The van der Waals surface area contributed by atoms with E-state index in [2.05, 4.69) is 19.2 Å². The van der Waals surface area contributed by atoms with E-state index < -0.39 is 12.1 Å². The molecule has 0 heterocycles. The van der Waals surface area contributed by atoms with Crippen LogP contribution in [0.3, 0.4) is 0 Å². The molecule has 0 aromatic rings. The number of carbonyl (C=O) groups excluding carboxylic acids is 1. The van der Waals surface area contributed by atoms with Crippen molar-refractivity contribution in [1.29, 1.82) is 0 Å². The molecule has 0 aliphatic heterocycles. The summed E-state index contributed by atoms with van der Waals surface area (Å²) in [6.07, 6.45) is 66.7. The molecule has 4 heteroatoms. The quantitative estimate of drug-likeness (QED) is 0.0534. The van der Waals surface area contributed by atoms with E-state index in [0.29, 0.717) is 12.8 Å². The molecule has 0 aromatic carbocycles. The predicted octanol–water partition coefficient (Wildman–Crippen LogP) is 18.4. The topological polar surface area (TPSA) is 69.6 Å². The zero-order valence-corrected chi connectivity index (χ0v) is 41.5. The van der Waals surface area contributed by atoms with Crippen molar-refractivity contribution >= 4 is 5.91 Å². The van der Waals surface area contributed by atoms with Crippen LogP contribution in [0.5, 0.6) is 0 Å². The highest BCUT2D eigenvalue weighted by Gasteiger charge is 2.20. The van der Waals surface area contributed by atoms with Gasteiger partial charge in [0.1, 0.15) is 0 Å². The Labute approximate surface area is 378 Å². The minimum atomic E-state index is -0.655. The van der Waals surface area contributed by atoms with E-state index in [-0.39, 0.29) is 12.5 Å². The number of amides is 1. The number of hydrogen-bond donors (Lipinski definition) is 3. The lowest BCUT2D eigenvalue weighted by molar-refractivity contribution is -0.123. The van der Waals surface area contributed by atoms with E-state index in [1.54, 1.807) is 0 Å². The molecule has 0 aromatic heterocycles. The monoisotopic (exact) mass is 848 g/mol. The van der Waals surface area contributed by atoms with Gasteiger partial charge in [-0.3, -0.25) is 4.79 Å². The third-order valence-electron chi connectivity index (χ3n) is 13.6. The van der Waals surface area contributed by atoms with E-state index >= 15 is 0 Å². The van der Waals surface area contributed by atoms with Crippen LogP contribution in [0.1, 0.15) is 335 Å². The Morgan fingerprint density at radius 1 is 0.333 bits per heavy atom. The molecule has 0 bridgehead atoms. The Hall–Kier alpha value is -0.610. The van der Waals surface area contributed by atoms with Gasteiger partial charge in [0.2, 0.25) is 5.91 Å². The first-order valence-electron chi connectivity index (χ1n) is 28.2. The number of hydrogen-bond acceptors (Lipinski definition) is 3. The molecule has 2 atom stereocenters. The van der Waals surface area contributed by atoms with Crippen LogP contribution in [0.2, 0.25) is 0 Å². The minimum absolute atomic E-state index is 0.0228. The predicted molar refractivity (Wildman–Crippen MR) is 267 cm³/mol. The Morgan fingerprint density at radius 3 is 0.750 bits per heavy atom. The maximum absolute atomic E-state index is 12.5. The van der Waals surface area contributed by atoms with Gasteiger partial charge in [-0.2, -0.15) is 0 Å². The average molecular weight is 849 g/mol. The van der Waals surface area contributed by atoms with Gasteiger partial charge in [0, 0.05) is 6.42 Å². The summed E-state index contributed by atoms with van der Waals surface area (Å²) in [4.78, 5) is 12.5. The second-order valence-electron chi connectivity index (χ2n) is 19.7. The standard InChI is InChI=1S/C56H113NO3/c1-3-5-7-9-11-13-15-17-19-21-23-24-25-26-27-28-29-30-31-32-33-34-35-37-39-41-43-45-47-49-51-55(59)54(53-58)57-56(60)52-50-48-46-44-42-40-38-36-22-20-18-16-14-12-10-8-6-4-2/h54-55,58-59H,3-53H2,1-2H3,(H,57,60). The van der Waals surface area contributed by atoms with E-state index in [9.17, 15) is 15.0 Å². The maximum Gasteiger partial charge on any atom is 0.220 e. The van der Waals surface area contributed by atoms with Crippen LogP contribution in [-0.2, 0) is 4.79 Å². The molecule has 360 valence electrons. The van der Waals surface area contributed by atoms with Crippen molar-refractivity contribution in [3.05, 3.63) is 0 Å². The zero-order chi connectivity index (χ0) is 43.5. The zero-order valence-electron chi connectivity index (χ0n) is 41.5. The van der Waals surface area contributed by atoms with Crippen molar-refractivity contribution in [3.8, 4) is 0 Å². The fourth-order valence-corrected chi connectivity index (χ4v) is 9.31. The van der Waals surface area contributed by atoms with Gasteiger partial charge in [0.15, 0.2) is 0 Å². The summed E-state index contributed by atoms with van der Waals surface area (Å²) in [7, 11) is 0. The number of rotatable bonds is 53. The molecular weight excluding hydrogens is 735 g/mol. The lowest BCUT2D eigenvalue weighted by atomic mass is 10.0. The summed E-state index contributed by atoms with van der Waals surface area (Å²) in [5.74, 6) is -0.0228. The van der Waals surface area contributed by atoms with E-state index in [0.717, 1.165) is 25.7 Å². The molecule has 4 nitrogen and oxygen atoms in total. The molecule has 0 saturated carbocycles. The first kappa shape index (κ1) is 59.4. The van der Waals surface area contributed by atoms with Crippen LogP contribution in [-0.4, -0.2) is 34.9 Å². The second-order valence-corrected chi connectivity index (χ2v) is 19.7. The highest BCUT2D eigenvalue weighted by molar-refractivity contribution is 5.76. The molecule has 60 heavy (non-hydrogen) atoms. The molecule has 0 radical (unpaired) electrons. The smallest absolute Gasteiger partial charge is 0.220 e. The maximum atomic E-state index is 12.5. The third-order valence-corrected chi connectivity index (χ3v) is 13.6. The van der Waals surface area contributed by atoms with Crippen LogP contribution >= 0.6 is 0 Å². The van der Waals surface area contributed by atoms with Crippen LogP contribution in [0, 0.1) is 0 Å². The number of carbonyl (C=O) groups is 1.